The molecule has 1 fully saturated rings. The van der Waals surface area contributed by atoms with Crippen molar-refractivity contribution in [1.29, 1.82) is 0 Å². The van der Waals surface area contributed by atoms with Crippen LogP contribution in [0.3, 0.4) is 0 Å². The van der Waals surface area contributed by atoms with Gasteiger partial charge in [-0.2, -0.15) is 0 Å². The third-order valence-electron chi connectivity index (χ3n) is 6.80. The summed E-state index contributed by atoms with van der Waals surface area (Å²) in [5, 5.41) is 6.21. The van der Waals surface area contributed by atoms with E-state index < -0.39 is 0 Å². The van der Waals surface area contributed by atoms with Gasteiger partial charge in [0, 0.05) is 41.7 Å². The van der Waals surface area contributed by atoms with Crippen LogP contribution in [0, 0.1) is 5.92 Å². The number of thioether (sulfide) groups is 1. The number of nitrogen functional groups attached to an aromatic ring is 1. The Kier molecular flexibility index (Phi) is 20.4. The zero-order chi connectivity index (χ0) is 30.5. The predicted octanol–water partition coefficient (Wildman–Crippen LogP) is 5.03. The zero-order valence-electron chi connectivity index (χ0n) is 25.4. The van der Waals surface area contributed by atoms with E-state index in [1.807, 2.05) is 26.0 Å². The van der Waals surface area contributed by atoms with Gasteiger partial charge in [0.25, 0.3) is 0 Å². The van der Waals surface area contributed by atoms with Gasteiger partial charge in [-0.1, -0.05) is 78.4 Å². The summed E-state index contributed by atoms with van der Waals surface area (Å²) in [5.74, 6) is 0.255. The van der Waals surface area contributed by atoms with E-state index in [1.54, 1.807) is 11.8 Å². The van der Waals surface area contributed by atoms with Crippen molar-refractivity contribution in [2.24, 2.45) is 11.7 Å². The lowest BCUT2D eigenvalue weighted by Gasteiger charge is -2.26. The molecule has 0 aromatic heterocycles. The molecule has 1 aliphatic carbocycles. The second-order valence-corrected chi connectivity index (χ2v) is 10.7. The summed E-state index contributed by atoms with van der Waals surface area (Å²) in [7, 11) is 0. The average molecular weight is 576 g/mol. The molecule has 8 nitrogen and oxygen atoms in total. The Labute approximate surface area is 246 Å². The largest absolute Gasteiger partial charge is 0.398 e. The Morgan fingerprint density at radius 3 is 2.27 bits per heavy atom. The SMILES string of the molecule is C=C(CCC(=O)NC(CNC(=O)C(=C)CN(CC)CC)C1CCCC1)Sc1cc(CC)ccc1N.CC.NC=O. The Morgan fingerprint density at radius 1 is 1.12 bits per heavy atom. The Bertz CT molecular complexity index is 928. The van der Waals surface area contributed by atoms with Crippen LogP contribution in [0.5, 0.6) is 0 Å². The molecule has 40 heavy (non-hydrogen) atoms. The van der Waals surface area contributed by atoms with Crippen molar-refractivity contribution in [3.63, 3.8) is 0 Å². The first-order valence-corrected chi connectivity index (χ1v) is 15.4. The van der Waals surface area contributed by atoms with Crippen LogP contribution in [-0.2, 0) is 20.8 Å². The van der Waals surface area contributed by atoms with Gasteiger partial charge in [-0.15, -0.1) is 0 Å². The van der Waals surface area contributed by atoms with Crippen molar-refractivity contribution in [1.82, 2.24) is 15.5 Å². The maximum atomic E-state index is 12.8. The fourth-order valence-corrected chi connectivity index (χ4v) is 5.35. The molecule has 1 atom stereocenters. The highest BCUT2D eigenvalue weighted by Gasteiger charge is 2.27. The van der Waals surface area contributed by atoms with Crippen LogP contribution in [-0.4, -0.2) is 55.3 Å². The lowest BCUT2D eigenvalue weighted by molar-refractivity contribution is -0.123. The molecular weight excluding hydrogens is 522 g/mol. The van der Waals surface area contributed by atoms with Crippen molar-refractivity contribution in [3.8, 4) is 0 Å². The summed E-state index contributed by atoms with van der Waals surface area (Å²) >= 11 is 1.54. The van der Waals surface area contributed by atoms with E-state index in [0.29, 0.717) is 37.4 Å². The monoisotopic (exact) mass is 575 g/mol. The molecule has 1 saturated carbocycles. The number of carbonyl (C=O) groups excluding carboxylic acids is 3. The average Bonchev–Trinajstić information content (AvgIpc) is 3.50. The number of likely N-dealkylation sites (N-methyl/N-ethyl adjacent to an activating group) is 1. The van der Waals surface area contributed by atoms with Crippen molar-refractivity contribution >= 4 is 35.7 Å². The standard InChI is InChI=1S/C28H44N4O2S.C2H6.CH3NO/c1-6-22-14-15-24(29)26(17-22)35-21(5)13-16-27(33)31-25(23-11-9-10-12-23)18-30-28(34)20(4)19-32(7-2)8-3;1-2;2-1-3/h14-15,17,23,25H,4-13,16,18-19,29H2,1-3H3,(H,30,34)(H,31,33);1-2H3;1H,(H2,2,3). The summed E-state index contributed by atoms with van der Waals surface area (Å²) < 4.78 is 0. The highest BCUT2D eigenvalue weighted by Crippen LogP contribution is 2.33. The smallest absolute Gasteiger partial charge is 0.247 e. The van der Waals surface area contributed by atoms with E-state index in [9.17, 15) is 9.59 Å². The van der Waals surface area contributed by atoms with Gasteiger partial charge in [-0.3, -0.25) is 19.3 Å². The van der Waals surface area contributed by atoms with Gasteiger partial charge in [0.2, 0.25) is 18.2 Å². The second-order valence-electron chi connectivity index (χ2n) is 9.50. The highest BCUT2D eigenvalue weighted by molar-refractivity contribution is 8.03. The van der Waals surface area contributed by atoms with Crippen molar-refractivity contribution in [3.05, 3.63) is 47.4 Å². The number of carbonyl (C=O) groups is 3. The van der Waals surface area contributed by atoms with Gasteiger partial charge in [0.15, 0.2) is 0 Å². The van der Waals surface area contributed by atoms with Gasteiger partial charge in [0.1, 0.15) is 0 Å². The molecular formula is C31H53N5O3S. The number of aryl methyl sites for hydroxylation is 1. The number of rotatable bonds is 15. The number of hydrogen-bond donors (Lipinski definition) is 4. The minimum atomic E-state index is -0.133. The lowest BCUT2D eigenvalue weighted by atomic mass is 9.97. The van der Waals surface area contributed by atoms with E-state index in [-0.39, 0.29) is 24.3 Å². The fourth-order valence-electron chi connectivity index (χ4n) is 4.44. The molecule has 3 amide bonds. The number of amides is 3. The molecule has 2 rings (SSSR count). The van der Waals surface area contributed by atoms with Crippen LogP contribution in [0.4, 0.5) is 5.69 Å². The van der Waals surface area contributed by atoms with Crippen molar-refractivity contribution < 1.29 is 14.4 Å². The van der Waals surface area contributed by atoms with Crippen LogP contribution in [0.15, 0.2) is 46.7 Å². The topological polar surface area (TPSA) is 131 Å². The maximum absolute atomic E-state index is 12.8. The number of nitrogens with zero attached hydrogens (tertiary/aromatic N) is 1. The van der Waals surface area contributed by atoms with E-state index in [0.717, 1.165) is 47.8 Å². The summed E-state index contributed by atoms with van der Waals surface area (Å²) in [5.41, 5.74) is 12.8. The molecule has 0 spiro atoms. The highest BCUT2D eigenvalue weighted by atomic mass is 32.2. The molecule has 1 aromatic carbocycles. The van der Waals surface area contributed by atoms with E-state index in [2.05, 4.69) is 61.3 Å². The van der Waals surface area contributed by atoms with Crippen molar-refractivity contribution in [2.45, 2.75) is 90.5 Å². The van der Waals surface area contributed by atoms with E-state index in [4.69, 9.17) is 10.5 Å². The number of primary amides is 1. The number of nitrogens with two attached hydrogens (primary N) is 2. The van der Waals surface area contributed by atoms with Crippen LogP contribution in [0.1, 0.15) is 78.7 Å². The Morgan fingerprint density at radius 2 is 1.73 bits per heavy atom. The summed E-state index contributed by atoms with van der Waals surface area (Å²) in [4.78, 5) is 38.1. The minimum absolute atomic E-state index is 0.00449. The van der Waals surface area contributed by atoms with Crippen molar-refractivity contribution in [2.75, 3.05) is 31.9 Å². The Balaban J connectivity index is 0.00000284. The first kappa shape index (κ1) is 37.2. The summed E-state index contributed by atoms with van der Waals surface area (Å²) in [6, 6.07) is 6.00. The van der Waals surface area contributed by atoms with E-state index >= 15 is 0 Å². The molecule has 1 unspecified atom stereocenters. The molecule has 9 heteroatoms. The van der Waals surface area contributed by atoms with Crippen LogP contribution >= 0.6 is 11.8 Å². The fraction of sp³-hybridized carbons (Fsp3) is 0.581. The molecule has 226 valence electrons. The van der Waals surface area contributed by atoms with Gasteiger partial charge >= 0.3 is 0 Å². The van der Waals surface area contributed by atoms with Crippen LogP contribution in [0.25, 0.3) is 0 Å². The molecule has 6 N–H and O–H groups in total. The number of nitrogens with one attached hydrogen (secondary N) is 2. The predicted molar refractivity (Wildman–Crippen MR) is 170 cm³/mol. The number of hydrogen-bond acceptors (Lipinski definition) is 6. The zero-order valence-corrected chi connectivity index (χ0v) is 26.2. The first-order valence-electron chi connectivity index (χ1n) is 14.6. The van der Waals surface area contributed by atoms with Gasteiger partial charge in [-0.25, -0.2) is 0 Å². The number of benzene rings is 1. The van der Waals surface area contributed by atoms with Gasteiger partial charge in [-0.05, 0) is 67.3 Å². The summed E-state index contributed by atoms with van der Waals surface area (Å²) in [6.45, 7) is 21.1. The van der Waals surface area contributed by atoms with Gasteiger partial charge in [0.05, 0.1) is 0 Å². The van der Waals surface area contributed by atoms with Crippen LogP contribution in [0.2, 0.25) is 0 Å². The molecule has 1 aliphatic rings. The normalized spacial score (nSPS) is 13.2. The van der Waals surface area contributed by atoms with E-state index in [1.165, 1.54) is 18.4 Å². The molecule has 0 saturated heterocycles. The third-order valence-corrected chi connectivity index (χ3v) is 7.87. The quantitative estimate of drug-likeness (QED) is 0.100. The summed E-state index contributed by atoms with van der Waals surface area (Å²) in [6.07, 6.45) is 6.65. The lowest BCUT2D eigenvalue weighted by Crippen LogP contribution is -2.48. The number of allylic oxidation sites excluding steroid dienone is 1. The molecule has 0 aliphatic heterocycles. The van der Waals surface area contributed by atoms with Gasteiger partial charge < -0.3 is 22.1 Å². The molecule has 0 bridgehead atoms. The minimum Gasteiger partial charge on any atom is -0.398 e. The molecule has 0 radical (unpaired) electrons. The Hall–Kier alpha value is -2.78. The van der Waals surface area contributed by atoms with Crippen LogP contribution < -0.4 is 22.1 Å². The third kappa shape index (κ3) is 14.6. The maximum Gasteiger partial charge on any atom is 0.247 e. The molecule has 0 heterocycles. The number of anilines is 1. The molecule has 1 aromatic rings. The second kappa shape index (κ2) is 22.0. The first-order chi connectivity index (χ1) is 19.2.